The Bertz CT molecular complexity index is 1390. The van der Waals surface area contributed by atoms with Gasteiger partial charge in [0.15, 0.2) is 0 Å². The van der Waals surface area contributed by atoms with Gasteiger partial charge in [0.1, 0.15) is 5.66 Å². The summed E-state index contributed by atoms with van der Waals surface area (Å²) in [7, 11) is 0. The SMILES string of the molecule is NC(=O)c1ccc(N2OC(C(=O)O)c3ccccc32)c(C23NCCN2C(=O)c2ccccc23)c1. The molecule has 170 valence electrons. The zero-order valence-electron chi connectivity index (χ0n) is 17.9. The summed E-state index contributed by atoms with van der Waals surface area (Å²) in [6.07, 6.45) is -1.19. The number of nitrogens with zero attached hydrogens (tertiary/aromatic N) is 2. The van der Waals surface area contributed by atoms with Crippen molar-refractivity contribution in [3.8, 4) is 0 Å². The number of carboxylic acid groups (broad SMARTS) is 1. The predicted molar refractivity (Wildman–Crippen MR) is 121 cm³/mol. The van der Waals surface area contributed by atoms with Gasteiger partial charge in [-0.05, 0) is 30.3 Å². The largest absolute Gasteiger partial charge is 0.479 e. The van der Waals surface area contributed by atoms with Crippen LogP contribution in [0.5, 0.6) is 0 Å². The molecule has 3 aliphatic heterocycles. The predicted octanol–water partition coefficient (Wildman–Crippen LogP) is 2.25. The van der Waals surface area contributed by atoms with Gasteiger partial charge in [-0.1, -0.05) is 36.4 Å². The number of carbonyl (C=O) groups excluding carboxylic acids is 2. The number of carboxylic acids is 1. The highest BCUT2D eigenvalue weighted by Gasteiger charge is 2.55. The molecule has 0 aliphatic carbocycles. The summed E-state index contributed by atoms with van der Waals surface area (Å²) in [5.41, 5.74) is 8.30. The third-order valence-electron chi connectivity index (χ3n) is 6.68. The molecule has 0 aromatic heterocycles. The number of nitrogens with one attached hydrogen (secondary N) is 1. The average molecular weight is 456 g/mol. The topological polar surface area (TPSA) is 125 Å². The lowest BCUT2D eigenvalue weighted by Crippen LogP contribution is -2.47. The van der Waals surface area contributed by atoms with E-state index in [0.717, 1.165) is 5.56 Å². The number of fused-ring (bicyclic) bond motifs is 4. The first-order valence-corrected chi connectivity index (χ1v) is 10.8. The van der Waals surface area contributed by atoms with Gasteiger partial charge >= 0.3 is 5.97 Å². The fraction of sp³-hybridized carbons (Fsp3) is 0.160. The highest BCUT2D eigenvalue weighted by atomic mass is 16.7. The number of primary amides is 1. The smallest absolute Gasteiger partial charge is 0.340 e. The van der Waals surface area contributed by atoms with Crippen LogP contribution in [0.3, 0.4) is 0 Å². The second-order valence-electron chi connectivity index (χ2n) is 8.41. The first-order valence-electron chi connectivity index (χ1n) is 10.8. The summed E-state index contributed by atoms with van der Waals surface area (Å²) in [4.78, 5) is 45.1. The third kappa shape index (κ3) is 2.59. The van der Waals surface area contributed by atoms with E-state index in [2.05, 4.69) is 5.32 Å². The molecule has 3 aromatic carbocycles. The molecule has 4 N–H and O–H groups in total. The average Bonchev–Trinajstić information content (AvgIpc) is 3.51. The minimum atomic E-state index is -1.19. The molecule has 2 amide bonds. The van der Waals surface area contributed by atoms with Crippen molar-refractivity contribution in [1.82, 2.24) is 10.2 Å². The van der Waals surface area contributed by atoms with Crippen LogP contribution in [-0.2, 0) is 15.3 Å². The Morgan fingerprint density at radius 1 is 1.03 bits per heavy atom. The van der Waals surface area contributed by atoms with Crippen molar-refractivity contribution >= 4 is 29.2 Å². The molecule has 0 bridgehead atoms. The van der Waals surface area contributed by atoms with Crippen molar-refractivity contribution in [1.29, 1.82) is 0 Å². The number of anilines is 2. The summed E-state index contributed by atoms with van der Waals surface area (Å²) in [6.45, 7) is 0.998. The van der Waals surface area contributed by atoms with Crippen LogP contribution in [0.2, 0.25) is 0 Å². The summed E-state index contributed by atoms with van der Waals surface area (Å²) in [6, 6.07) is 19.2. The Morgan fingerprint density at radius 2 is 1.79 bits per heavy atom. The van der Waals surface area contributed by atoms with Gasteiger partial charge in [-0.25, -0.2) is 14.7 Å². The van der Waals surface area contributed by atoms with Gasteiger partial charge < -0.3 is 15.7 Å². The molecule has 3 aromatic rings. The zero-order valence-corrected chi connectivity index (χ0v) is 17.9. The molecule has 0 saturated carbocycles. The van der Waals surface area contributed by atoms with Crippen LogP contribution < -0.4 is 16.1 Å². The molecular formula is C25H20N4O5. The van der Waals surface area contributed by atoms with E-state index < -0.39 is 23.6 Å². The zero-order chi connectivity index (χ0) is 23.6. The standard InChI is InChI=1S/C25H20N4O5/c26-22(30)14-9-10-20(29-19-8-4-2-6-16(19)21(34-29)24(32)33)18(13-14)25-17-7-3-1-5-15(17)23(31)28(25)12-11-27-25/h1-10,13,21,27H,11-12H2,(H2,26,30)(H,32,33). The number of amides is 2. The van der Waals surface area contributed by atoms with Crippen LogP contribution in [-0.4, -0.2) is 40.9 Å². The van der Waals surface area contributed by atoms with Gasteiger partial charge in [0.05, 0.1) is 11.4 Å². The van der Waals surface area contributed by atoms with Gasteiger partial charge in [0.25, 0.3) is 5.91 Å². The van der Waals surface area contributed by atoms with E-state index in [0.29, 0.717) is 41.2 Å². The van der Waals surface area contributed by atoms with Crippen molar-refractivity contribution in [2.75, 3.05) is 18.2 Å². The molecule has 1 fully saturated rings. The Hall–Kier alpha value is -4.21. The molecule has 3 aliphatic rings. The molecule has 0 spiro atoms. The molecule has 2 unspecified atom stereocenters. The fourth-order valence-corrected chi connectivity index (χ4v) is 5.26. The summed E-state index contributed by atoms with van der Waals surface area (Å²) < 4.78 is 0. The van der Waals surface area contributed by atoms with Crippen molar-refractivity contribution in [3.63, 3.8) is 0 Å². The number of nitrogens with two attached hydrogens (primary N) is 1. The van der Waals surface area contributed by atoms with E-state index in [-0.39, 0.29) is 11.5 Å². The number of carbonyl (C=O) groups is 3. The quantitative estimate of drug-likeness (QED) is 0.550. The summed E-state index contributed by atoms with van der Waals surface area (Å²) in [5, 5.41) is 14.7. The summed E-state index contributed by atoms with van der Waals surface area (Å²) >= 11 is 0. The van der Waals surface area contributed by atoms with Crippen LogP contribution in [0.4, 0.5) is 11.4 Å². The lowest BCUT2D eigenvalue weighted by atomic mass is 9.88. The Balaban J connectivity index is 1.62. The number of benzene rings is 3. The first kappa shape index (κ1) is 20.4. The van der Waals surface area contributed by atoms with E-state index >= 15 is 0 Å². The van der Waals surface area contributed by atoms with Crippen LogP contribution in [0, 0.1) is 0 Å². The van der Waals surface area contributed by atoms with Gasteiger partial charge in [0, 0.05) is 40.9 Å². The van der Waals surface area contributed by atoms with Crippen molar-refractivity contribution in [2.24, 2.45) is 5.73 Å². The second-order valence-corrected chi connectivity index (χ2v) is 8.41. The molecule has 6 rings (SSSR count). The van der Waals surface area contributed by atoms with Crippen LogP contribution in [0.1, 0.15) is 43.5 Å². The normalized spacial score (nSPS) is 22.5. The number of aliphatic carboxylic acids is 1. The van der Waals surface area contributed by atoms with Crippen molar-refractivity contribution < 1.29 is 24.3 Å². The molecule has 34 heavy (non-hydrogen) atoms. The lowest BCUT2D eigenvalue weighted by molar-refractivity contribution is -0.149. The van der Waals surface area contributed by atoms with Gasteiger partial charge in [-0.3, -0.25) is 14.9 Å². The van der Waals surface area contributed by atoms with Crippen LogP contribution in [0.25, 0.3) is 0 Å². The van der Waals surface area contributed by atoms with E-state index in [1.807, 2.05) is 18.2 Å². The Kier molecular flexibility index (Phi) is 4.29. The first-order chi connectivity index (χ1) is 16.4. The van der Waals surface area contributed by atoms with Gasteiger partial charge in [-0.15, -0.1) is 0 Å². The minimum absolute atomic E-state index is 0.123. The molecule has 9 nitrogen and oxygen atoms in total. The Labute approximate surface area is 194 Å². The molecule has 9 heteroatoms. The van der Waals surface area contributed by atoms with Crippen LogP contribution >= 0.6 is 0 Å². The van der Waals surface area contributed by atoms with Gasteiger partial charge in [-0.2, -0.15) is 0 Å². The third-order valence-corrected chi connectivity index (χ3v) is 6.68. The minimum Gasteiger partial charge on any atom is -0.479 e. The number of hydrogen-bond donors (Lipinski definition) is 3. The van der Waals surface area contributed by atoms with E-state index in [1.54, 1.807) is 53.4 Å². The number of hydrogen-bond acceptors (Lipinski definition) is 6. The van der Waals surface area contributed by atoms with Crippen molar-refractivity contribution in [2.45, 2.75) is 11.8 Å². The highest BCUT2D eigenvalue weighted by molar-refractivity contribution is 6.02. The number of para-hydroxylation sites is 1. The fourth-order valence-electron chi connectivity index (χ4n) is 5.26. The molecule has 1 saturated heterocycles. The van der Waals surface area contributed by atoms with E-state index in [1.165, 1.54) is 5.06 Å². The number of rotatable bonds is 4. The second kappa shape index (κ2) is 7.14. The molecule has 0 radical (unpaired) electrons. The lowest BCUT2D eigenvalue weighted by Gasteiger charge is -2.36. The highest BCUT2D eigenvalue weighted by Crippen LogP contribution is 2.51. The monoisotopic (exact) mass is 456 g/mol. The van der Waals surface area contributed by atoms with E-state index in [9.17, 15) is 19.5 Å². The molecule has 2 atom stereocenters. The summed E-state index contributed by atoms with van der Waals surface area (Å²) in [5.74, 6) is -1.86. The molecular weight excluding hydrogens is 436 g/mol. The van der Waals surface area contributed by atoms with Gasteiger partial charge in [0.2, 0.25) is 12.0 Å². The maximum absolute atomic E-state index is 13.3. The van der Waals surface area contributed by atoms with E-state index in [4.69, 9.17) is 10.6 Å². The van der Waals surface area contributed by atoms with Crippen molar-refractivity contribution in [3.05, 3.63) is 94.5 Å². The maximum atomic E-state index is 13.3. The van der Waals surface area contributed by atoms with Crippen LogP contribution in [0.15, 0.2) is 66.7 Å². The molecule has 3 heterocycles. The Morgan fingerprint density at radius 3 is 2.59 bits per heavy atom. The maximum Gasteiger partial charge on any atom is 0.340 e.